The smallest absolute Gasteiger partial charge is 0.0995 e. The summed E-state index contributed by atoms with van der Waals surface area (Å²) in [4.78, 5) is 1.83. The number of nitrogens with two attached hydrogens (primary N) is 1. The van der Waals surface area contributed by atoms with E-state index in [9.17, 15) is 10.2 Å². The van der Waals surface area contributed by atoms with Crippen LogP contribution in [0, 0.1) is 5.92 Å². The number of hydrogen-bond donors (Lipinski definition) is 3. The highest BCUT2D eigenvalue weighted by molar-refractivity contribution is 4.97. The molecule has 0 unspecified atom stereocenters. The first kappa shape index (κ1) is 13.9. The lowest BCUT2D eigenvalue weighted by Crippen LogP contribution is -2.64. The van der Waals surface area contributed by atoms with Crippen molar-refractivity contribution in [3.63, 3.8) is 0 Å². The molecule has 0 aromatic carbocycles. The van der Waals surface area contributed by atoms with E-state index < -0.39 is 18.3 Å². The van der Waals surface area contributed by atoms with Gasteiger partial charge in [-0.1, -0.05) is 13.8 Å². The van der Waals surface area contributed by atoms with Gasteiger partial charge in [0, 0.05) is 6.54 Å². The Morgan fingerprint density at radius 1 is 1.25 bits per heavy atom. The normalized spacial score (nSPS) is 40.7. The average Bonchev–Trinajstić information content (AvgIpc) is 2.16. The highest BCUT2D eigenvalue weighted by atomic mass is 16.5. The molecular weight excluding hydrogens is 208 g/mol. The fourth-order valence-corrected chi connectivity index (χ4v) is 2.34. The molecule has 0 aliphatic carbocycles. The molecule has 4 N–H and O–H groups in total. The summed E-state index contributed by atoms with van der Waals surface area (Å²) in [6.45, 7) is 4.25. The van der Waals surface area contributed by atoms with E-state index in [0.717, 1.165) is 0 Å². The van der Waals surface area contributed by atoms with Gasteiger partial charge < -0.3 is 25.6 Å². The molecule has 5 heteroatoms. The molecule has 16 heavy (non-hydrogen) atoms. The second-order valence-corrected chi connectivity index (χ2v) is 5.05. The van der Waals surface area contributed by atoms with Crippen molar-refractivity contribution in [1.82, 2.24) is 4.90 Å². The van der Waals surface area contributed by atoms with Crippen molar-refractivity contribution in [1.29, 1.82) is 0 Å². The van der Waals surface area contributed by atoms with Gasteiger partial charge in [-0.2, -0.15) is 0 Å². The van der Waals surface area contributed by atoms with Gasteiger partial charge in [-0.15, -0.1) is 0 Å². The molecule has 1 heterocycles. The molecule has 0 spiro atoms. The Morgan fingerprint density at radius 2 is 1.81 bits per heavy atom. The lowest BCUT2D eigenvalue weighted by molar-refractivity contribution is -0.208. The van der Waals surface area contributed by atoms with Gasteiger partial charge in [0.05, 0.1) is 30.5 Å². The highest BCUT2D eigenvalue weighted by Gasteiger charge is 2.45. The number of hydrogen-bond acceptors (Lipinski definition) is 5. The first-order chi connectivity index (χ1) is 7.40. The van der Waals surface area contributed by atoms with E-state index in [1.807, 2.05) is 32.8 Å². The zero-order chi connectivity index (χ0) is 12.5. The van der Waals surface area contributed by atoms with Crippen LogP contribution in [0.1, 0.15) is 13.8 Å². The second kappa shape index (κ2) is 5.42. The van der Waals surface area contributed by atoms with Crippen molar-refractivity contribution >= 4 is 0 Å². The van der Waals surface area contributed by atoms with Crippen LogP contribution in [0.5, 0.6) is 0 Å². The summed E-state index contributed by atoms with van der Waals surface area (Å²) in [5, 5.41) is 20.2. The second-order valence-electron chi connectivity index (χ2n) is 5.05. The fourth-order valence-electron chi connectivity index (χ4n) is 2.34. The van der Waals surface area contributed by atoms with E-state index >= 15 is 0 Å². The summed E-state index contributed by atoms with van der Waals surface area (Å²) in [5.74, 6) is 0.194. The van der Waals surface area contributed by atoms with Crippen molar-refractivity contribution in [3.8, 4) is 0 Å². The molecule has 0 radical (unpaired) electrons. The molecular formula is C11H24N2O3. The molecule has 1 fully saturated rings. The first-order valence-electron chi connectivity index (χ1n) is 5.78. The van der Waals surface area contributed by atoms with Crippen LogP contribution in [0.2, 0.25) is 0 Å². The van der Waals surface area contributed by atoms with Gasteiger partial charge in [0.25, 0.3) is 0 Å². The zero-order valence-electron chi connectivity index (χ0n) is 10.5. The van der Waals surface area contributed by atoms with E-state index in [1.54, 1.807) is 0 Å². The zero-order valence-corrected chi connectivity index (χ0v) is 10.5. The van der Waals surface area contributed by atoms with Gasteiger partial charge in [0.15, 0.2) is 0 Å². The lowest BCUT2D eigenvalue weighted by atomic mass is 9.87. The molecule has 0 aromatic rings. The van der Waals surface area contributed by atoms with Crippen LogP contribution in [0.4, 0.5) is 0 Å². The average molecular weight is 232 g/mol. The van der Waals surface area contributed by atoms with Crippen molar-refractivity contribution < 1.29 is 14.9 Å². The third-order valence-electron chi connectivity index (χ3n) is 3.23. The van der Waals surface area contributed by atoms with Crippen LogP contribution in [0.3, 0.4) is 0 Å². The van der Waals surface area contributed by atoms with Gasteiger partial charge >= 0.3 is 0 Å². The number of aliphatic hydroxyl groups excluding tert-OH is 2. The Kier molecular flexibility index (Phi) is 4.70. The van der Waals surface area contributed by atoms with E-state index in [1.165, 1.54) is 0 Å². The molecule has 96 valence electrons. The van der Waals surface area contributed by atoms with Crippen LogP contribution in [0.25, 0.3) is 0 Å². The molecule has 1 aliphatic rings. The molecule has 0 amide bonds. The van der Waals surface area contributed by atoms with Crippen LogP contribution < -0.4 is 5.73 Å². The Balaban J connectivity index is 2.88. The topological polar surface area (TPSA) is 79.0 Å². The first-order valence-corrected chi connectivity index (χ1v) is 5.78. The number of nitrogens with zero attached hydrogens (tertiary/aromatic N) is 1. The van der Waals surface area contributed by atoms with E-state index in [0.29, 0.717) is 0 Å². The van der Waals surface area contributed by atoms with Crippen molar-refractivity contribution in [2.75, 3.05) is 20.6 Å². The summed E-state index contributed by atoms with van der Waals surface area (Å²) in [5.41, 5.74) is 5.58. The molecule has 1 aliphatic heterocycles. The predicted octanol–water partition coefficient (Wildman–Crippen LogP) is -0.979. The van der Waals surface area contributed by atoms with Crippen molar-refractivity contribution in [2.45, 2.75) is 44.3 Å². The molecule has 1 saturated heterocycles. The Bertz CT molecular complexity index is 223. The largest absolute Gasteiger partial charge is 0.389 e. The van der Waals surface area contributed by atoms with Crippen LogP contribution in [-0.2, 0) is 4.74 Å². The molecule has 0 saturated carbocycles. The Labute approximate surface area is 97.2 Å². The van der Waals surface area contributed by atoms with E-state index in [4.69, 9.17) is 10.5 Å². The number of likely N-dealkylation sites (N-methyl/N-ethyl adjacent to an activating group) is 1. The molecule has 0 bridgehead atoms. The van der Waals surface area contributed by atoms with Crippen molar-refractivity contribution in [2.24, 2.45) is 11.7 Å². The summed E-state index contributed by atoms with van der Waals surface area (Å²) in [6.07, 6.45) is -2.11. The summed E-state index contributed by atoms with van der Waals surface area (Å²) in [6, 6.07) is -0.324. The number of ether oxygens (including phenoxy) is 1. The monoisotopic (exact) mass is 232 g/mol. The predicted molar refractivity (Wildman–Crippen MR) is 62.0 cm³/mol. The fraction of sp³-hybridized carbons (Fsp3) is 1.00. The van der Waals surface area contributed by atoms with Gasteiger partial charge in [0.2, 0.25) is 0 Å². The maximum absolute atomic E-state index is 10.2. The number of aliphatic hydroxyl groups is 2. The van der Waals surface area contributed by atoms with E-state index in [2.05, 4.69) is 0 Å². The Hall–Kier alpha value is -0.200. The van der Waals surface area contributed by atoms with Gasteiger partial charge in [-0.25, -0.2) is 0 Å². The number of rotatable bonds is 3. The summed E-state index contributed by atoms with van der Waals surface area (Å²) < 4.78 is 5.65. The minimum atomic E-state index is -0.745. The van der Waals surface area contributed by atoms with Crippen LogP contribution in [0.15, 0.2) is 0 Å². The third-order valence-corrected chi connectivity index (χ3v) is 3.23. The standard InChI is InChI=1S/C11H24N2O3/c1-6(2)11-10(15)8(13(3)4)9(14)7(5-12)16-11/h6-11,14-15H,5,12H2,1-4H3/t7-,8+,9-,10-,11+/m1/s1. The van der Waals surface area contributed by atoms with Crippen LogP contribution >= 0.6 is 0 Å². The van der Waals surface area contributed by atoms with E-state index in [-0.39, 0.29) is 24.6 Å². The summed E-state index contributed by atoms with van der Waals surface area (Å²) >= 11 is 0. The Morgan fingerprint density at radius 3 is 2.19 bits per heavy atom. The summed E-state index contributed by atoms with van der Waals surface area (Å²) in [7, 11) is 3.68. The van der Waals surface area contributed by atoms with Gasteiger partial charge in [-0.3, -0.25) is 0 Å². The lowest BCUT2D eigenvalue weighted by Gasteiger charge is -2.46. The molecule has 5 atom stereocenters. The molecule has 1 rings (SSSR count). The van der Waals surface area contributed by atoms with Gasteiger partial charge in [0.1, 0.15) is 0 Å². The third kappa shape index (κ3) is 2.55. The maximum atomic E-state index is 10.2. The molecule has 5 nitrogen and oxygen atoms in total. The SMILES string of the molecule is CC(C)[C@@H]1O[C@H](CN)[C@@H](O)[C@H](N(C)C)[C@H]1O. The van der Waals surface area contributed by atoms with Gasteiger partial charge in [-0.05, 0) is 20.0 Å². The quantitative estimate of drug-likeness (QED) is 0.583. The van der Waals surface area contributed by atoms with Crippen molar-refractivity contribution in [3.05, 3.63) is 0 Å². The molecule has 0 aromatic heterocycles. The minimum Gasteiger partial charge on any atom is -0.389 e. The highest BCUT2D eigenvalue weighted by Crippen LogP contribution is 2.27. The minimum absolute atomic E-state index is 0.194. The maximum Gasteiger partial charge on any atom is 0.0995 e. The van der Waals surface area contributed by atoms with Crippen LogP contribution in [-0.4, -0.2) is 66.2 Å².